The Hall–Kier alpha value is 0.910. The van der Waals surface area contributed by atoms with E-state index in [1.165, 1.54) is 12.6 Å². The molecule has 7 heavy (non-hydrogen) atoms. The molecule has 0 aliphatic heterocycles. The van der Waals surface area contributed by atoms with E-state index in [1.807, 2.05) is 0 Å². The minimum atomic E-state index is 0.880. The van der Waals surface area contributed by atoms with Crippen LogP contribution in [0.2, 0.25) is 0 Å². The van der Waals surface area contributed by atoms with Crippen molar-refractivity contribution in [2.24, 2.45) is 5.92 Å². The van der Waals surface area contributed by atoms with Crippen molar-refractivity contribution in [3.63, 3.8) is 0 Å². The Labute approximate surface area is 55.6 Å². The van der Waals surface area contributed by atoms with Crippen molar-refractivity contribution in [1.29, 1.82) is 0 Å². The van der Waals surface area contributed by atoms with E-state index in [0.29, 0.717) is 0 Å². The molecular weight excluding hydrogens is 171 g/mol. The second kappa shape index (κ2) is 5.05. The third kappa shape index (κ3) is 6.91. The molecule has 1 unspecified atom stereocenters. The zero-order valence-corrected chi connectivity index (χ0v) is 7.46. The zero-order valence-electron chi connectivity index (χ0n) is 4.87. The topological polar surface area (TPSA) is 0 Å². The molecule has 0 N–H and O–H groups in total. The largest absolute Gasteiger partial charge is 0.0642 e. The summed E-state index contributed by atoms with van der Waals surface area (Å²) in [6.45, 7) is 4.51. The molecule has 0 saturated carbocycles. The molecular formula is C5H12BrP. The molecule has 0 nitrogen and oxygen atoms in total. The van der Waals surface area contributed by atoms with Crippen molar-refractivity contribution in [3.05, 3.63) is 0 Å². The van der Waals surface area contributed by atoms with Crippen LogP contribution < -0.4 is 0 Å². The molecule has 44 valence electrons. The number of halogens is 1. The third-order valence-electron chi connectivity index (χ3n) is 0.816. The van der Waals surface area contributed by atoms with Gasteiger partial charge in [-0.05, 0) is 18.5 Å². The van der Waals surface area contributed by atoms with Crippen molar-refractivity contribution in [3.8, 4) is 0 Å². The van der Waals surface area contributed by atoms with Gasteiger partial charge in [0.25, 0.3) is 0 Å². The summed E-state index contributed by atoms with van der Waals surface area (Å²) in [5.41, 5.74) is 0. The predicted octanol–water partition coefficient (Wildman–Crippen LogP) is 3.02. The zero-order chi connectivity index (χ0) is 5.70. The minimum Gasteiger partial charge on any atom is -0.0642 e. The normalized spacial score (nSPS) is 12.0. The summed E-state index contributed by atoms with van der Waals surface area (Å²) in [6.07, 6.45) is 2.71. The van der Waals surface area contributed by atoms with E-state index >= 15 is 0 Å². The Morgan fingerprint density at radius 2 is 2.14 bits per heavy atom. The van der Waals surface area contributed by atoms with Crippen LogP contribution >= 0.6 is 22.8 Å². The molecule has 0 amide bonds. The SMILES string of the molecule is CC(C)CCPBr. The maximum atomic E-state index is 3.41. The first-order valence-electron chi connectivity index (χ1n) is 2.61. The highest BCUT2D eigenvalue weighted by atomic mass is 79.9. The molecule has 0 spiro atoms. The maximum absolute atomic E-state index is 3.41. The third-order valence-corrected chi connectivity index (χ3v) is 2.48. The molecule has 2 heteroatoms. The second-order valence-electron chi connectivity index (χ2n) is 2.07. The van der Waals surface area contributed by atoms with Crippen LogP contribution in [0, 0.1) is 5.92 Å². The predicted molar refractivity (Wildman–Crippen MR) is 41.6 cm³/mol. The van der Waals surface area contributed by atoms with E-state index in [4.69, 9.17) is 0 Å². The van der Waals surface area contributed by atoms with E-state index in [9.17, 15) is 0 Å². The summed E-state index contributed by atoms with van der Waals surface area (Å²) >= 11 is 3.41. The van der Waals surface area contributed by atoms with Gasteiger partial charge in [-0.2, -0.15) is 0 Å². The molecule has 0 aromatic heterocycles. The van der Waals surface area contributed by atoms with Gasteiger partial charge in [0.05, 0.1) is 0 Å². The maximum Gasteiger partial charge on any atom is -0.0252 e. The highest BCUT2D eigenvalue weighted by Crippen LogP contribution is 2.21. The highest BCUT2D eigenvalue weighted by Gasteiger charge is 1.89. The van der Waals surface area contributed by atoms with Crippen LogP contribution in [0.1, 0.15) is 20.3 Å². The van der Waals surface area contributed by atoms with Gasteiger partial charge < -0.3 is 0 Å². The Kier molecular flexibility index (Phi) is 5.71. The molecule has 1 atom stereocenters. The molecule has 0 aromatic rings. The van der Waals surface area contributed by atoms with E-state index in [0.717, 1.165) is 13.2 Å². The monoisotopic (exact) mass is 182 g/mol. The first-order valence-corrected chi connectivity index (χ1v) is 6.07. The molecule has 0 radical (unpaired) electrons. The first kappa shape index (κ1) is 7.91. The van der Waals surface area contributed by atoms with Crippen molar-refractivity contribution < 1.29 is 0 Å². The molecule has 0 aliphatic rings. The lowest BCUT2D eigenvalue weighted by atomic mass is 10.2. The van der Waals surface area contributed by atoms with E-state index in [-0.39, 0.29) is 0 Å². The molecule has 0 heterocycles. The number of hydrogen-bond acceptors (Lipinski definition) is 0. The number of hydrogen-bond donors (Lipinski definition) is 0. The first-order chi connectivity index (χ1) is 3.27. The van der Waals surface area contributed by atoms with Crippen molar-refractivity contribution in [1.82, 2.24) is 0 Å². The number of rotatable bonds is 3. The lowest BCUT2D eigenvalue weighted by Gasteiger charge is -1.98. The molecule has 0 fully saturated rings. The fourth-order valence-electron chi connectivity index (χ4n) is 0.343. The molecule has 0 aromatic carbocycles. The van der Waals surface area contributed by atoms with Crippen molar-refractivity contribution in [2.45, 2.75) is 20.3 Å². The molecule has 0 rings (SSSR count). The Morgan fingerprint density at radius 1 is 1.57 bits per heavy atom. The van der Waals surface area contributed by atoms with E-state index in [1.54, 1.807) is 0 Å². The Balaban J connectivity index is 2.68. The van der Waals surface area contributed by atoms with Crippen molar-refractivity contribution in [2.75, 3.05) is 6.16 Å². The van der Waals surface area contributed by atoms with Crippen LogP contribution in [0.15, 0.2) is 0 Å². The fourth-order valence-corrected chi connectivity index (χ4v) is 1.72. The summed E-state index contributed by atoms with van der Waals surface area (Å²) in [4.78, 5) is 0. The highest BCUT2D eigenvalue weighted by molar-refractivity contribution is 9.36. The van der Waals surface area contributed by atoms with Gasteiger partial charge in [0, 0.05) is 0 Å². The smallest absolute Gasteiger partial charge is 0.0252 e. The average molecular weight is 183 g/mol. The Morgan fingerprint density at radius 3 is 2.29 bits per heavy atom. The van der Waals surface area contributed by atoms with Crippen LogP contribution in [0.25, 0.3) is 0 Å². The van der Waals surface area contributed by atoms with Crippen LogP contribution in [-0.4, -0.2) is 6.16 Å². The summed E-state index contributed by atoms with van der Waals surface area (Å²) in [6, 6.07) is 0. The molecule has 0 bridgehead atoms. The summed E-state index contributed by atoms with van der Waals surface area (Å²) in [5.74, 6) is 0.880. The summed E-state index contributed by atoms with van der Waals surface area (Å²) < 4.78 is 0. The average Bonchev–Trinajstić information content (AvgIpc) is 1.61. The van der Waals surface area contributed by atoms with E-state index < -0.39 is 0 Å². The van der Waals surface area contributed by atoms with Gasteiger partial charge in [0.2, 0.25) is 0 Å². The van der Waals surface area contributed by atoms with Crippen molar-refractivity contribution >= 4 is 22.8 Å². The summed E-state index contributed by atoms with van der Waals surface area (Å²) in [7, 11) is 0.963. The van der Waals surface area contributed by atoms with E-state index in [2.05, 4.69) is 29.3 Å². The second-order valence-corrected chi connectivity index (χ2v) is 4.52. The minimum absolute atomic E-state index is 0.880. The Bertz CT molecular complexity index is 37.1. The molecule has 0 saturated heterocycles. The fraction of sp³-hybridized carbons (Fsp3) is 1.00. The standard InChI is InChI=1S/C5H12BrP/c1-5(2)3-4-7-6/h5,7H,3-4H2,1-2H3. The van der Waals surface area contributed by atoms with Crippen LogP contribution in [-0.2, 0) is 0 Å². The van der Waals surface area contributed by atoms with Gasteiger partial charge in [0.15, 0.2) is 0 Å². The van der Waals surface area contributed by atoms with Gasteiger partial charge in [-0.25, -0.2) is 0 Å². The lowest BCUT2D eigenvalue weighted by Crippen LogP contribution is -1.85. The van der Waals surface area contributed by atoms with Crippen LogP contribution in [0.3, 0.4) is 0 Å². The van der Waals surface area contributed by atoms with Crippen LogP contribution in [0.5, 0.6) is 0 Å². The van der Waals surface area contributed by atoms with Gasteiger partial charge in [-0.3, -0.25) is 0 Å². The van der Waals surface area contributed by atoms with Crippen LogP contribution in [0.4, 0.5) is 0 Å². The van der Waals surface area contributed by atoms with Gasteiger partial charge >= 0.3 is 0 Å². The van der Waals surface area contributed by atoms with Gasteiger partial charge in [0.1, 0.15) is 0 Å². The molecule has 0 aliphatic carbocycles. The van der Waals surface area contributed by atoms with Gasteiger partial charge in [-0.15, -0.1) is 0 Å². The lowest BCUT2D eigenvalue weighted by molar-refractivity contribution is 0.632. The van der Waals surface area contributed by atoms with Gasteiger partial charge in [-0.1, -0.05) is 36.6 Å². The quantitative estimate of drug-likeness (QED) is 0.590. The summed E-state index contributed by atoms with van der Waals surface area (Å²) in [5, 5.41) is 0.